The molecule has 3 heterocycles. The summed E-state index contributed by atoms with van der Waals surface area (Å²) in [5.41, 5.74) is 3.47. The lowest BCUT2D eigenvalue weighted by molar-refractivity contribution is -0.119. The van der Waals surface area contributed by atoms with Gasteiger partial charge in [0.2, 0.25) is 5.91 Å². The Morgan fingerprint density at radius 2 is 1.57 bits per heavy atom. The van der Waals surface area contributed by atoms with E-state index < -0.39 is 29.6 Å². The van der Waals surface area contributed by atoms with Crippen molar-refractivity contribution in [2.75, 3.05) is 26.3 Å². The molecule has 2 N–H and O–H groups in total. The molecule has 1 aliphatic rings. The fourth-order valence-electron chi connectivity index (χ4n) is 5.67. The first-order valence-electron chi connectivity index (χ1n) is 15.2. The number of aliphatic hydroxyl groups is 1. The van der Waals surface area contributed by atoms with Crippen molar-refractivity contribution >= 4 is 17.1 Å². The number of amides is 1. The summed E-state index contributed by atoms with van der Waals surface area (Å²) in [5, 5.41) is 19.2. The molecule has 1 saturated heterocycles. The largest absolute Gasteiger partial charge is 0.497 e. The molecule has 0 aliphatic carbocycles. The number of carbonyl (C=O) groups excluding carboxylic acids is 1. The van der Waals surface area contributed by atoms with E-state index in [1.54, 1.807) is 28.1 Å². The van der Waals surface area contributed by atoms with E-state index in [0.29, 0.717) is 11.5 Å². The second kappa shape index (κ2) is 13.3. The van der Waals surface area contributed by atoms with Crippen LogP contribution < -0.4 is 20.5 Å². The van der Waals surface area contributed by atoms with Gasteiger partial charge >= 0.3 is 5.56 Å². The summed E-state index contributed by atoms with van der Waals surface area (Å²) in [7, 11) is 3.24. The van der Waals surface area contributed by atoms with Crippen molar-refractivity contribution in [1.82, 2.24) is 24.7 Å². The maximum Gasteiger partial charge on any atom is 0.302 e. The van der Waals surface area contributed by atoms with Crippen molar-refractivity contribution in [2.24, 2.45) is 5.92 Å². The van der Waals surface area contributed by atoms with Gasteiger partial charge in [-0.3, -0.25) is 15.0 Å². The van der Waals surface area contributed by atoms with E-state index in [4.69, 9.17) is 18.9 Å². The lowest BCUT2D eigenvalue weighted by Crippen LogP contribution is -2.36. The molecule has 47 heavy (non-hydrogen) atoms. The minimum atomic E-state index is -1.07. The van der Waals surface area contributed by atoms with E-state index in [-0.39, 0.29) is 36.0 Å². The number of hydrogen-bond acceptors (Lipinski definition) is 10. The van der Waals surface area contributed by atoms with E-state index >= 15 is 0 Å². The van der Waals surface area contributed by atoms with Crippen LogP contribution in [-0.4, -0.2) is 68.7 Å². The van der Waals surface area contributed by atoms with Gasteiger partial charge in [0.15, 0.2) is 17.4 Å². The maximum absolute atomic E-state index is 13.0. The lowest BCUT2D eigenvalue weighted by Gasteiger charge is -2.37. The molecule has 13 heteroatoms. The Bertz CT molecular complexity index is 1840. The maximum atomic E-state index is 13.0. The molecule has 3 atom stereocenters. The zero-order chi connectivity index (χ0) is 33.1. The van der Waals surface area contributed by atoms with Gasteiger partial charge in [-0.15, -0.1) is 5.10 Å². The van der Waals surface area contributed by atoms with Crippen molar-refractivity contribution in [2.45, 2.75) is 44.3 Å². The zero-order valence-electron chi connectivity index (χ0n) is 26.4. The minimum Gasteiger partial charge on any atom is -0.497 e. The lowest BCUT2D eigenvalue weighted by atomic mass is 9.80. The molecule has 244 valence electrons. The number of rotatable bonds is 11. The molecule has 13 nitrogen and oxygen atoms in total. The Morgan fingerprint density at radius 3 is 2.15 bits per heavy atom. The first-order valence-corrected chi connectivity index (χ1v) is 15.2. The standard InChI is InChI=1S/C34H36N6O7/c1-21(2)31(42)37-39-20-35-30-29(32(39)43)36-38-40(30)33-28(41)18-27(47-33)19-46-34(22-8-6-5-7-9-22,23-10-14-25(44-3)15-11-23)24-12-16-26(45-4)17-13-24/h5-17,20-21,27-28,33,41H,18-19H2,1-4H3,(H,37,42)/t27-,28+,33+/m0/s1. The summed E-state index contributed by atoms with van der Waals surface area (Å²) in [6.45, 7) is 3.51. The molecular weight excluding hydrogens is 604 g/mol. The van der Waals surface area contributed by atoms with Crippen LogP contribution in [-0.2, 0) is 19.9 Å². The van der Waals surface area contributed by atoms with Crippen LogP contribution >= 0.6 is 0 Å². The van der Waals surface area contributed by atoms with E-state index in [2.05, 4.69) is 20.7 Å². The summed E-state index contributed by atoms with van der Waals surface area (Å²) < 4.78 is 26.3. The van der Waals surface area contributed by atoms with Crippen LogP contribution in [0.5, 0.6) is 11.5 Å². The van der Waals surface area contributed by atoms with Crippen molar-refractivity contribution < 1.29 is 28.8 Å². The van der Waals surface area contributed by atoms with Gasteiger partial charge in [-0.25, -0.2) is 9.66 Å². The third kappa shape index (κ3) is 6.08. The van der Waals surface area contributed by atoms with Crippen molar-refractivity contribution in [1.29, 1.82) is 0 Å². The highest BCUT2D eigenvalue weighted by Crippen LogP contribution is 2.42. The predicted octanol–water partition coefficient (Wildman–Crippen LogP) is 3.39. The fourth-order valence-corrected chi connectivity index (χ4v) is 5.67. The first-order chi connectivity index (χ1) is 22.7. The molecular formula is C34H36N6O7. The molecule has 0 unspecified atom stereocenters. The van der Waals surface area contributed by atoms with Crippen molar-refractivity contribution in [3.8, 4) is 11.5 Å². The number of nitrogens with zero attached hydrogens (tertiary/aromatic N) is 5. The highest BCUT2D eigenvalue weighted by molar-refractivity contribution is 5.85. The summed E-state index contributed by atoms with van der Waals surface area (Å²) in [6, 6.07) is 25.3. The van der Waals surface area contributed by atoms with Crippen LogP contribution in [0.2, 0.25) is 0 Å². The third-order valence-electron chi connectivity index (χ3n) is 8.21. The van der Waals surface area contributed by atoms with Crippen molar-refractivity contribution in [3.63, 3.8) is 0 Å². The normalized spacial score (nSPS) is 18.0. The number of hydrogen-bond donors (Lipinski definition) is 2. The van der Waals surface area contributed by atoms with Gasteiger partial charge in [-0.1, -0.05) is 73.7 Å². The van der Waals surface area contributed by atoms with Gasteiger partial charge in [0.05, 0.1) is 26.9 Å². The van der Waals surface area contributed by atoms with Gasteiger partial charge in [0.25, 0.3) is 0 Å². The number of ether oxygens (including phenoxy) is 4. The van der Waals surface area contributed by atoms with Gasteiger partial charge < -0.3 is 24.1 Å². The van der Waals surface area contributed by atoms with Crippen LogP contribution in [0.15, 0.2) is 90.0 Å². The first kappa shape index (κ1) is 31.9. The molecule has 0 bridgehead atoms. The second-order valence-corrected chi connectivity index (χ2v) is 11.5. The Morgan fingerprint density at radius 1 is 0.979 bits per heavy atom. The minimum absolute atomic E-state index is 0.0748. The van der Waals surface area contributed by atoms with Crippen LogP contribution in [0, 0.1) is 5.92 Å². The smallest absolute Gasteiger partial charge is 0.302 e. The Kier molecular flexibility index (Phi) is 9.03. The summed E-state index contributed by atoms with van der Waals surface area (Å²) in [6.07, 6.45) is -1.12. The number of carbonyl (C=O) groups is 1. The Balaban J connectivity index is 1.31. The van der Waals surface area contributed by atoms with E-state index in [1.165, 1.54) is 11.0 Å². The average Bonchev–Trinajstić information content (AvgIpc) is 3.70. The highest BCUT2D eigenvalue weighted by Gasteiger charge is 2.42. The molecule has 6 rings (SSSR count). The molecule has 5 aromatic rings. The number of nitrogens with one attached hydrogen (secondary N) is 1. The Hall–Kier alpha value is -5.11. The SMILES string of the molecule is COc1ccc(C(OC[C@@H]2C[C@@H](O)[C@H](n3nnc4c(=O)n(NC(=O)C(C)C)cnc43)O2)(c2ccccc2)c2ccc(OC)cc2)cc1. The molecule has 0 radical (unpaired) electrons. The Labute approximate surface area is 270 Å². The van der Waals surface area contributed by atoms with Gasteiger partial charge in [0, 0.05) is 12.3 Å². The number of methoxy groups -OCH3 is 2. The summed E-state index contributed by atoms with van der Waals surface area (Å²) >= 11 is 0. The van der Waals surface area contributed by atoms with Crippen LogP contribution in [0.1, 0.15) is 43.2 Å². The van der Waals surface area contributed by atoms with E-state index in [9.17, 15) is 14.7 Å². The van der Waals surface area contributed by atoms with Crippen LogP contribution in [0.3, 0.4) is 0 Å². The van der Waals surface area contributed by atoms with Gasteiger partial charge in [0.1, 0.15) is 29.5 Å². The average molecular weight is 641 g/mol. The number of aliphatic hydroxyl groups excluding tert-OH is 1. The molecule has 2 aromatic heterocycles. The van der Waals surface area contributed by atoms with Crippen LogP contribution in [0.25, 0.3) is 11.2 Å². The third-order valence-corrected chi connectivity index (χ3v) is 8.21. The quantitative estimate of drug-likeness (QED) is 0.206. The van der Waals surface area contributed by atoms with Crippen molar-refractivity contribution in [3.05, 3.63) is 112 Å². The predicted molar refractivity (Wildman–Crippen MR) is 172 cm³/mol. The molecule has 1 amide bonds. The molecule has 0 spiro atoms. The number of benzene rings is 3. The highest BCUT2D eigenvalue weighted by atomic mass is 16.6. The molecule has 3 aromatic carbocycles. The van der Waals surface area contributed by atoms with Gasteiger partial charge in [-0.05, 0) is 41.0 Å². The van der Waals surface area contributed by atoms with E-state index in [1.807, 2.05) is 78.9 Å². The summed E-state index contributed by atoms with van der Waals surface area (Å²) in [4.78, 5) is 29.4. The second-order valence-electron chi connectivity index (χ2n) is 11.5. The fraction of sp³-hybridized carbons (Fsp3) is 0.324. The number of aromatic nitrogens is 5. The molecule has 1 aliphatic heterocycles. The van der Waals surface area contributed by atoms with Gasteiger partial charge in [-0.2, -0.15) is 4.68 Å². The topological polar surface area (TPSA) is 152 Å². The monoisotopic (exact) mass is 640 g/mol. The molecule has 0 saturated carbocycles. The van der Waals surface area contributed by atoms with E-state index in [0.717, 1.165) is 21.4 Å². The summed E-state index contributed by atoms with van der Waals surface area (Å²) in [5.74, 6) is 0.718. The zero-order valence-corrected chi connectivity index (χ0v) is 26.4. The molecule has 1 fully saturated rings. The van der Waals surface area contributed by atoms with Crippen LogP contribution in [0.4, 0.5) is 0 Å². The number of fused-ring (bicyclic) bond motifs is 1.